The summed E-state index contributed by atoms with van der Waals surface area (Å²) in [7, 11) is 4.05. The summed E-state index contributed by atoms with van der Waals surface area (Å²) in [5.74, 6) is 1.64. The molecule has 0 aliphatic heterocycles. The average molecular weight is 293 g/mol. The lowest BCUT2D eigenvalue weighted by atomic mass is 9.96. The lowest BCUT2D eigenvalue weighted by Gasteiger charge is -2.22. The van der Waals surface area contributed by atoms with Crippen molar-refractivity contribution in [2.75, 3.05) is 20.6 Å². The zero-order chi connectivity index (χ0) is 16.3. The van der Waals surface area contributed by atoms with Gasteiger partial charge in [-0.25, -0.2) is 4.98 Å². The molecule has 1 aromatic rings. The van der Waals surface area contributed by atoms with E-state index in [1.54, 1.807) is 0 Å². The molecule has 0 aliphatic carbocycles. The van der Waals surface area contributed by atoms with Crippen molar-refractivity contribution in [3.05, 3.63) is 27.4 Å². The molecule has 1 heterocycles. The van der Waals surface area contributed by atoms with Gasteiger partial charge in [-0.2, -0.15) is 0 Å². The van der Waals surface area contributed by atoms with Crippen molar-refractivity contribution in [1.29, 1.82) is 0 Å². The molecule has 4 heteroatoms. The lowest BCUT2D eigenvalue weighted by molar-refractivity contribution is 0.371. The highest BCUT2D eigenvalue weighted by Gasteiger charge is 2.21. The van der Waals surface area contributed by atoms with E-state index in [0.717, 1.165) is 23.6 Å². The molecular weight excluding hydrogens is 262 g/mol. The first kappa shape index (κ1) is 17.9. The van der Waals surface area contributed by atoms with Crippen LogP contribution < -0.4 is 5.56 Å². The second kappa shape index (κ2) is 7.21. The molecule has 0 fully saturated rings. The van der Waals surface area contributed by atoms with Gasteiger partial charge in [-0.15, -0.1) is 0 Å². The van der Waals surface area contributed by atoms with Gasteiger partial charge < -0.3 is 4.90 Å². The van der Waals surface area contributed by atoms with Gasteiger partial charge >= 0.3 is 0 Å². The summed E-state index contributed by atoms with van der Waals surface area (Å²) in [6.07, 6.45) is 0. The minimum absolute atomic E-state index is 0.147. The van der Waals surface area contributed by atoms with Gasteiger partial charge in [0.05, 0.1) is 5.69 Å². The summed E-state index contributed by atoms with van der Waals surface area (Å²) in [4.78, 5) is 20.0. The van der Waals surface area contributed by atoms with E-state index in [9.17, 15) is 4.79 Å². The SMILES string of the molecule is CC(C)c1nc(C(C)C)n(CCN(C)C)c(=O)c1C(C)C. The highest BCUT2D eigenvalue weighted by atomic mass is 16.1. The molecule has 0 aromatic carbocycles. The molecule has 4 nitrogen and oxygen atoms in total. The molecule has 0 N–H and O–H groups in total. The van der Waals surface area contributed by atoms with Crippen LogP contribution in [-0.4, -0.2) is 35.1 Å². The van der Waals surface area contributed by atoms with Crippen molar-refractivity contribution in [1.82, 2.24) is 14.5 Å². The largest absolute Gasteiger partial charge is 0.308 e. The molecule has 0 saturated carbocycles. The van der Waals surface area contributed by atoms with Crippen LogP contribution in [0.15, 0.2) is 4.79 Å². The van der Waals surface area contributed by atoms with Crippen molar-refractivity contribution in [3.63, 3.8) is 0 Å². The Morgan fingerprint density at radius 2 is 1.57 bits per heavy atom. The first-order chi connectivity index (χ1) is 9.66. The highest BCUT2D eigenvalue weighted by molar-refractivity contribution is 5.25. The quantitative estimate of drug-likeness (QED) is 0.808. The Balaban J connectivity index is 3.53. The Hall–Kier alpha value is -1.16. The van der Waals surface area contributed by atoms with Crippen LogP contribution in [0.2, 0.25) is 0 Å². The predicted molar refractivity (Wildman–Crippen MR) is 89.3 cm³/mol. The summed E-state index contributed by atoms with van der Waals surface area (Å²) >= 11 is 0. The number of hydrogen-bond donors (Lipinski definition) is 0. The minimum atomic E-state index is 0.147. The summed E-state index contributed by atoms with van der Waals surface area (Å²) in [5, 5.41) is 0. The molecule has 21 heavy (non-hydrogen) atoms. The van der Waals surface area contributed by atoms with E-state index in [1.807, 2.05) is 18.7 Å². The van der Waals surface area contributed by atoms with Gasteiger partial charge in [-0.1, -0.05) is 41.5 Å². The maximum absolute atomic E-state index is 13.0. The van der Waals surface area contributed by atoms with Gasteiger partial charge in [0.15, 0.2) is 0 Å². The third-order valence-electron chi connectivity index (χ3n) is 3.67. The second-order valence-electron chi connectivity index (χ2n) is 6.99. The first-order valence-electron chi connectivity index (χ1n) is 7.96. The van der Waals surface area contributed by atoms with E-state index in [4.69, 9.17) is 4.98 Å². The first-order valence-corrected chi connectivity index (χ1v) is 7.96. The number of rotatable bonds is 6. The Morgan fingerprint density at radius 3 is 1.95 bits per heavy atom. The summed E-state index contributed by atoms with van der Waals surface area (Å²) in [5.41, 5.74) is 2.00. The van der Waals surface area contributed by atoms with Gasteiger partial charge in [-0.05, 0) is 25.9 Å². The number of hydrogen-bond acceptors (Lipinski definition) is 3. The van der Waals surface area contributed by atoms with Crippen LogP contribution in [0.5, 0.6) is 0 Å². The van der Waals surface area contributed by atoms with Gasteiger partial charge in [-0.3, -0.25) is 9.36 Å². The van der Waals surface area contributed by atoms with E-state index >= 15 is 0 Å². The molecule has 0 atom stereocenters. The molecule has 1 aromatic heterocycles. The second-order valence-corrected chi connectivity index (χ2v) is 6.99. The van der Waals surface area contributed by atoms with E-state index in [1.165, 1.54) is 0 Å². The molecule has 0 unspecified atom stereocenters. The van der Waals surface area contributed by atoms with Gasteiger partial charge in [0.1, 0.15) is 5.82 Å². The van der Waals surface area contributed by atoms with Crippen LogP contribution in [0.1, 0.15) is 76.4 Å². The highest BCUT2D eigenvalue weighted by Crippen LogP contribution is 2.23. The minimum Gasteiger partial charge on any atom is -0.308 e. The average Bonchev–Trinajstić information content (AvgIpc) is 2.34. The van der Waals surface area contributed by atoms with Gasteiger partial charge in [0.25, 0.3) is 5.56 Å². The van der Waals surface area contributed by atoms with Crippen molar-refractivity contribution in [3.8, 4) is 0 Å². The normalized spacial score (nSPS) is 12.2. The fraction of sp³-hybridized carbons (Fsp3) is 0.765. The molecule has 0 bridgehead atoms. The van der Waals surface area contributed by atoms with Crippen molar-refractivity contribution in [2.45, 2.75) is 65.8 Å². The Bertz CT molecular complexity index is 528. The van der Waals surface area contributed by atoms with E-state index in [0.29, 0.717) is 6.54 Å². The standard InChI is InChI=1S/C17H31N3O/c1-11(2)14-15(12(3)4)18-16(13(5)6)20(17(14)21)10-9-19(7)8/h11-13H,9-10H2,1-8H3. The number of likely N-dealkylation sites (N-methyl/N-ethyl adjacent to an activating group) is 1. The molecule has 120 valence electrons. The van der Waals surface area contributed by atoms with Crippen molar-refractivity contribution >= 4 is 0 Å². The lowest BCUT2D eigenvalue weighted by Crippen LogP contribution is -2.34. The number of aromatic nitrogens is 2. The molecule has 0 amide bonds. The van der Waals surface area contributed by atoms with Gasteiger partial charge in [0.2, 0.25) is 0 Å². The maximum atomic E-state index is 13.0. The molecule has 0 radical (unpaired) electrons. The van der Waals surface area contributed by atoms with E-state index < -0.39 is 0 Å². The third kappa shape index (κ3) is 4.16. The van der Waals surface area contributed by atoms with Crippen LogP contribution >= 0.6 is 0 Å². The predicted octanol–water partition coefficient (Wildman–Crippen LogP) is 3.18. The van der Waals surface area contributed by atoms with Crippen molar-refractivity contribution < 1.29 is 0 Å². The van der Waals surface area contributed by atoms with E-state index in [2.05, 4.69) is 46.4 Å². The zero-order valence-electron chi connectivity index (χ0n) is 14.9. The maximum Gasteiger partial charge on any atom is 0.257 e. The van der Waals surface area contributed by atoms with Crippen LogP contribution in [0.4, 0.5) is 0 Å². The fourth-order valence-electron chi connectivity index (χ4n) is 2.54. The summed E-state index contributed by atoms with van der Waals surface area (Å²) in [6.45, 7) is 14.1. The van der Waals surface area contributed by atoms with E-state index in [-0.39, 0.29) is 23.3 Å². The monoisotopic (exact) mass is 293 g/mol. The Labute approximate surface area is 129 Å². The molecule has 0 spiro atoms. The topological polar surface area (TPSA) is 38.1 Å². The molecule has 1 rings (SSSR count). The van der Waals surface area contributed by atoms with Gasteiger partial charge in [0, 0.05) is 24.6 Å². The Morgan fingerprint density at radius 1 is 1.00 bits per heavy atom. The molecule has 0 aliphatic rings. The van der Waals surface area contributed by atoms with Crippen LogP contribution in [0.3, 0.4) is 0 Å². The van der Waals surface area contributed by atoms with Crippen LogP contribution in [0.25, 0.3) is 0 Å². The third-order valence-corrected chi connectivity index (χ3v) is 3.67. The summed E-state index contributed by atoms with van der Waals surface area (Å²) in [6, 6.07) is 0. The smallest absolute Gasteiger partial charge is 0.257 e. The van der Waals surface area contributed by atoms with Crippen molar-refractivity contribution in [2.24, 2.45) is 0 Å². The fourth-order valence-corrected chi connectivity index (χ4v) is 2.54. The molecule has 0 saturated heterocycles. The summed E-state index contributed by atoms with van der Waals surface area (Å²) < 4.78 is 1.88. The van der Waals surface area contributed by atoms with Crippen LogP contribution in [-0.2, 0) is 6.54 Å². The van der Waals surface area contributed by atoms with Crippen LogP contribution in [0, 0.1) is 0 Å². The molecular formula is C17H31N3O. The number of nitrogens with zero attached hydrogens (tertiary/aromatic N) is 3. The Kier molecular flexibility index (Phi) is 6.14. The zero-order valence-corrected chi connectivity index (χ0v) is 14.9.